The molecule has 0 amide bonds. The summed E-state index contributed by atoms with van der Waals surface area (Å²) in [6.07, 6.45) is 1.55. The van der Waals surface area contributed by atoms with Crippen LogP contribution < -0.4 is 0 Å². The number of fused-ring (bicyclic) bond motifs is 1. The summed E-state index contributed by atoms with van der Waals surface area (Å²) < 4.78 is 15.5. The first-order valence-corrected chi connectivity index (χ1v) is 7.73. The summed E-state index contributed by atoms with van der Waals surface area (Å²) >= 11 is 8.01. The Morgan fingerprint density at radius 2 is 2.11 bits per heavy atom. The minimum Gasteiger partial charge on any atom is -0.360 e. The Morgan fingerprint density at radius 1 is 1.32 bits per heavy atom. The lowest BCUT2D eigenvalue weighted by molar-refractivity contribution is 0.104. The minimum absolute atomic E-state index is 0.187. The first-order chi connectivity index (χ1) is 9.08. The molecule has 19 heavy (non-hydrogen) atoms. The van der Waals surface area contributed by atoms with E-state index < -0.39 is 5.82 Å². The molecule has 0 saturated carbocycles. The first kappa shape index (κ1) is 13.0. The lowest BCUT2D eigenvalue weighted by Crippen LogP contribution is -1.97. The topological polar surface area (TPSA) is 32.9 Å². The Morgan fingerprint density at radius 3 is 2.79 bits per heavy atom. The van der Waals surface area contributed by atoms with Gasteiger partial charge in [0.15, 0.2) is 0 Å². The molecule has 2 heterocycles. The summed E-state index contributed by atoms with van der Waals surface area (Å²) in [5, 5.41) is 0.341. The average molecular weight is 403 g/mol. The molecule has 3 aromatic rings. The van der Waals surface area contributed by atoms with Crippen LogP contribution in [-0.2, 0) is 0 Å². The number of hydrogen-bond donors (Lipinski definition) is 1. The van der Waals surface area contributed by atoms with E-state index >= 15 is 0 Å². The highest BCUT2D eigenvalue weighted by atomic mass is 79.9. The van der Waals surface area contributed by atoms with Gasteiger partial charge >= 0.3 is 0 Å². The van der Waals surface area contributed by atoms with Gasteiger partial charge in [-0.1, -0.05) is 6.07 Å². The van der Waals surface area contributed by atoms with Gasteiger partial charge in [0.05, 0.1) is 14.2 Å². The van der Waals surface area contributed by atoms with Gasteiger partial charge < -0.3 is 4.98 Å². The summed E-state index contributed by atoms with van der Waals surface area (Å²) in [6.45, 7) is 0. The predicted molar refractivity (Wildman–Crippen MR) is 81.4 cm³/mol. The highest BCUT2D eigenvalue weighted by Gasteiger charge is 2.19. The molecule has 1 N–H and O–H groups in total. The molecule has 96 valence electrons. The van der Waals surface area contributed by atoms with Gasteiger partial charge in [0.1, 0.15) is 5.82 Å². The Hall–Kier alpha value is -0.980. The number of aromatic amines is 1. The second-order valence-corrected chi connectivity index (χ2v) is 7.15. The van der Waals surface area contributed by atoms with Crippen molar-refractivity contribution in [3.8, 4) is 0 Å². The Bertz CT molecular complexity index is 774. The van der Waals surface area contributed by atoms with Crippen LogP contribution in [0, 0.1) is 5.82 Å². The number of H-pyrrole nitrogens is 1. The van der Waals surface area contributed by atoms with Crippen molar-refractivity contribution >= 4 is 59.9 Å². The summed E-state index contributed by atoms with van der Waals surface area (Å²) in [4.78, 5) is 15.9. The maximum absolute atomic E-state index is 13.9. The average Bonchev–Trinajstić information content (AvgIpc) is 2.94. The van der Waals surface area contributed by atoms with Crippen LogP contribution in [0.1, 0.15) is 15.2 Å². The normalized spacial score (nSPS) is 11.1. The van der Waals surface area contributed by atoms with Gasteiger partial charge in [0, 0.05) is 21.6 Å². The van der Waals surface area contributed by atoms with E-state index in [1.165, 1.54) is 17.4 Å². The number of carbonyl (C=O) groups excluding carboxylic acids is 1. The molecule has 0 bridgehead atoms. The van der Waals surface area contributed by atoms with Crippen molar-refractivity contribution in [3.63, 3.8) is 0 Å². The molecule has 3 rings (SSSR count). The third-order valence-corrected chi connectivity index (χ3v) is 6.02. The molecule has 1 aromatic carbocycles. The monoisotopic (exact) mass is 401 g/mol. The van der Waals surface area contributed by atoms with Gasteiger partial charge in [-0.25, -0.2) is 4.39 Å². The van der Waals surface area contributed by atoms with E-state index in [-0.39, 0.29) is 5.78 Å². The molecular formula is C13H6Br2FNOS. The fourth-order valence-electron chi connectivity index (χ4n) is 1.91. The van der Waals surface area contributed by atoms with Crippen LogP contribution in [0.2, 0.25) is 0 Å². The number of nitrogens with one attached hydrogen (secondary N) is 1. The fraction of sp³-hybridized carbons (Fsp3) is 0. The highest BCUT2D eigenvalue weighted by molar-refractivity contribution is 9.13. The number of aromatic nitrogens is 1. The first-order valence-electron chi connectivity index (χ1n) is 5.33. The van der Waals surface area contributed by atoms with Crippen molar-refractivity contribution in [2.75, 3.05) is 0 Å². The van der Waals surface area contributed by atoms with Crippen molar-refractivity contribution in [3.05, 3.63) is 55.0 Å². The zero-order valence-electron chi connectivity index (χ0n) is 9.34. The van der Waals surface area contributed by atoms with Crippen molar-refractivity contribution in [1.82, 2.24) is 4.98 Å². The maximum Gasteiger partial charge on any atom is 0.205 e. The highest BCUT2D eigenvalue weighted by Crippen LogP contribution is 2.34. The van der Waals surface area contributed by atoms with Crippen molar-refractivity contribution in [2.24, 2.45) is 0 Å². The third kappa shape index (κ3) is 2.17. The number of ketones is 1. The van der Waals surface area contributed by atoms with E-state index in [1.807, 2.05) is 0 Å². The van der Waals surface area contributed by atoms with Crippen LogP contribution >= 0.6 is 43.2 Å². The molecule has 0 unspecified atom stereocenters. The number of thiophene rings is 1. The largest absolute Gasteiger partial charge is 0.360 e. The van der Waals surface area contributed by atoms with Crippen LogP contribution in [0.3, 0.4) is 0 Å². The van der Waals surface area contributed by atoms with Gasteiger partial charge in [-0.15, -0.1) is 11.3 Å². The van der Waals surface area contributed by atoms with Crippen LogP contribution in [0.25, 0.3) is 10.9 Å². The molecule has 0 aliphatic heterocycles. The molecule has 2 nitrogen and oxygen atoms in total. The van der Waals surface area contributed by atoms with Crippen LogP contribution in [0.15, 0.2) is 38.7 Å². The number of benzene rings is 1. The van der Waals surface area contributed by atoms with Crippen molar-refractivity contribution in [1.29, 1.82) is 0 Å². The minimum atomic E-state index is -0.392. The summed E-state index contributed by atoms with van der Waals surface area (Å²) in [5.41, 5.74) is 0.979. The summed E-state index contributed by atoms with van der Waals surface area (Å²) in [5.74, 6) is -0.579. The molecule has 2 aromatic heterocycles. The molecular weight excluding hydrogens is 397 g/mol. The summed E-state index contributed by atoms with van der Waals surface area (Å²) in [7, 11) is 0. The maximum atomic E-state index is 13.9. The van der Waals surface area contributed by atoms with E-state index in [0.717, 1.165) is 8.26 Å². The second kappa shape index (κ2) is 4.85. The zero-order chi connectivity index (χ0) is 13.6. The molecule has 0 radical (unpaired) electrons. The number of hydrogen-bond acceptors (Lipinski definition) is 2. The van der Waals surface area contributed by atoms with Gasteiger partial charge in [-0.05, 0) is 50.1 Å². The Labute approximate surface area is 128 Å². The molecule has 0 atom stereocenters. The summed E-state index contributed by atoms with van der Waals surface area (Å²) in [6, 6.07) is 6.44. The number of halogens is 3. The van der Waals surface area contributed by atoms with E-state index in [1.54, 1.807) is 24.4 Å². The lowest BCUT2D eigenvalue weighted by Gasteiger charge is -1.97. The van der Waals surface area contributed by atoms with Crippen LogP contribution in [-0.4, -0.2) is 10.8 Å². The molecule has 0 aliphatic rings. The quantitative estimate of drug-likeness (QED) is 0.592. The fourth-order valence-corrected chi connectivity index (χ4v) is 3.90. The van der Waals surface area contributed by atoms with Gasteiger partial charge in [0.25, 0.3) is 0 Å². The smallest absolute Gasteiger partial charge is 0.205 e. The van der Waals surface area contributed by atoms with Gasteiger partial charge in [-0.3, -0.25) is 4.79 Å². The van der Waals surface area contributed by atoms with Crippen LogP contribution in [0.4, 0.5) is 4.39 Å². The van der Waals surface area contributed by atoms with E-state index in [9.17, 15) is 9.18 Å². The molecule has 0 spiro atoms. The SMILES string of the molecule is O=C(c1cc(Br)c(Br)s1)c1c[nH]c2cccc(F)c12. The van der Waals surface area contributed by atoms with Crippen molar-refractivity contribution < 1.29 is 9.18 Å². The second-order valence-electron chi connectivity index (χ2n) is 3.93. The molecule has 0 aliphatic carbocycles. The van der Waals surface area contributed by atoms with E-state index in [0.29, 0.717) is 21.3 Å². The van der Waals surface area contributed by atoms with Crippen molar-refractivity contribution in [2.45, 2.75) is 0 Å². The third-order valence-electron chi connectivity index (χ3n) is 2.77. The number of rotatable bonds is 2. The molecule has 0 fully saturated rings. The lowest BCUT2D eigenvalue weighted by atomic mass is 10.1. The van der Waals surface area contributed by atoms with Gasteiger partial charge in [0.2, 0.25) is 5.78 Å². The van der Waals surface area contributed by atoms with Gasteiger partial charge in [-0.2, -0.15) is 0 Å². The Kier molecular flexibility index (Phi) is 3.32. The standard InChI is InChI=1S/C13H6Br2FNOS/c14-7-4-10(19-13(7)15)12(18)6-5-17-9-3-1-2-8(16)11(6)9/h1-5,17H. The van der Waals surface area contributed by atoms with E-state index in [2.05, 4.69) is 36.8 Å². The Balaban J connectivity index is 2.17. The number of carbonyl (C=O) groups is 1. The zero-order valence-corrected chi connectivity index (χ0v) is 13.3. The molecule has 6 heteroatoms. The van der Waals surface area contributed by atoms with E-state index in [4.69, 9.17) is 0 Å². The predicted octanol–water partition coefficient (Wildman–Crippen LogP) is 5.12. The van der Waals surface area contributed by atoms with Crippen LogP contribution in [0.5, 0.6) is 0 Å². The molecule has 0 saturated heterocycles.